The number of benzene rings is 1. The van der Waals surface area contributed by atoms with E-state index in [2.05, 4.69) is 0 Å². The summed E-state index contributed by atoms with van der Waals surface area (Å²) in [6, 6.07) is 1.46. The van der Waals surface area contributed by atoms with Gasteiger partial charge in [-0.05, 0) is 12.1 Å². The molecule has 1 aromatic rings. The molecule has 1 aromatic carbocycles. The Balaban J connectivity index is 3.33. The summed E-state index contributed by atoms with van der Waals surface area (Å²) in [5.41, 5.74) is -0.607. The first kappa shape index (κ1) is 11.0. The van der Waals surface area contributed by atoms with Crippen molar-refractivity contribution >= 4 is 11.6 Å². The maximum atomic E-state index is 13.1. The van der Waals surface area contributed by atoms with Gasteiger partial charge in [-0.15, -0.1) is 0 Å². The van der Waals surface area contributed by atoms with Crippen LogP contribution in [0.15, 0.2) is 12.1 Å². The zero-order chi connectivity index (χ0) is 11.6. The van der Waals surface area contributed by atoms with Gasteiger partial charge in [-0.1, -0.05) is 0 Å². The van der Waals surface area contributed by atoms with Gasteiger partial charge in [0.2, 0.25) is 5.91 Å². The van der Waals surface area contributed by atoms with Crippen LogP contribution in [-0.2, 0) is 4.79 Å². The Morgan fingerprint density at radius 3 is 2.40 bits per heavy atom. The van der Waals surface area contributed by atoms with Crippen LogP contribution in [0, 0.1) is 28.9 Å². The molecular weight excluding hydrogens is 209 g/mol. The number of carbonyl (C=O) groups excluding carboxylic acids is 1. The van der Waals surface area contributed by atoms with Gasteiger partial charge in [0.1, 0.15) is 0 Å². The second-order valence-corrected chi connectivity index (χ2v) is 2.65. The van der Waals surface area contributed by atoms with Crippen molar-refractivity contribution in [3.05, 3.63) is 29.6 Å². The topological polar surface area (TPSA) is 44.1 Å². The standard InChI is InChI=1S/C9H5F3N2O/c1-5(15)14(4-13)7-3-2-6(10)8(11)9(7)12/h2-3H,1H3. The first-order valence-corrected chi connectivity index (χ1v) is 3.83. The summed E-state index contributed by atoms with van der Waals surface area (Å²) < 4.78 is 38.4. The molecule has 0 radical (unpaired) electrons. The van der Waals surface area contributed by atoms with Gasteiger partial charge in [-0.2, -0.15) is 5.26 Å². The molecule has 0 saturated heterocycles. The summed E-state index contributed by atoms with van der Waals surface area (Å²) in [6.45, 7) is 1.00. The van der Waals surface area contributed by atoms with E-state index < -0.39 is 29.0 Å². The molecule has 1 amide bonds. The summed E-state index contributed by atoms with van der Waals surface area (Å²) in [7, 11) is 0. The molecule has 1 rings (SSSR count). The van der Waals surface area contributed by atoms with E-state index >= 15 is 0 Å². The van der Waals surface area contributed by atoms with E-state index in [1.807, 2.05) is 0 Å². The van der Waals surface area contributed by atoms with Crippen molar-refractivity contribution in [1.29, 1.82) is 5.26 Å². The third-order valence-electron chi connectivity index (χ3n) is 1.67. The van der Waals surface area contributed by atoms with Crippen LogP contribution in [0.1, 0.15) is 6.92 Å². The van der Waals surface area contributed by atoms with Gasteiger partial charge in [-0.25, -0.2) is 18.1 Å². The minimum atomic E-state index is -1.71. The largest absolute Gasteiger partial charge is 0.274 e. The highest BCUT2D eigenvalue weighted by molar-refractivity contribution is 5.94. The quantitative estimate of drug-likeness (QED) is 0.407. The first-order valence-electron chi connectivity index (χ1n) is 3.83. The highest BCUT2D eigenvalue weighted by atomic mass is 19.2. The molecule has 0 aliphatic heterocycles. The molecule has 0 fully saturated rings. The van der Waals surface area contributed by atoms with E-state index in [4.69, 9.17) is 5.26 Å². The highest BCUT2D eigenvalue weighted by Gasteiger charge is 2.20. The van der Waals surface area contributed by atoms with E-state index in [0.717, 1.165) is 13.0 Å². The lowest BCUT2D eigenvalue weighted by atomic mass is 10.2. The van der Waals surface area contributed by atoms with Crippen LogP contribution in [0.4, 0.5) is 18.9 Å². The van der Waals surface area contributed by atoms with E-state index in [1.165, 1.54) is 6.19 Å². The Hall–Kier alpha value is -2.03. The number of nitrogens with zero attached hydrogens (tertiary/aromatic N) is 2. The molecular formula is C9H5F3N2O. The lowest BCUT2D eigenvalue weighted by molar-refractivity contribution is -0.115. The van der Waals surface area contributed by atoms with E-state index in [0.29, 0.717) is 11.0 Å². The summed E-state index contributed by atoms with van der Waals surface area (Å²) in [4.78, 5) is 11.2. The molecule has 0 unspecified atom stereocenters. The summed E-state index contributed by atoms with van der Waals surface area (Å²) in [5.74, 6) is -5.44. The van der Waals surface area contributed by atoms with Gasteiger partial charge in [0.15, 0.2) is 23.6 Å². The monoisotopic (exact) mass is 214 g/mol. The van der Waals surface area contributed by atoms with E-state index in [-0.39, 0.29) is 0 Å². The summed E-state index contributed by atoms with van der Waals surface area (Å²) >= 11 is 0. The molecule has 0 aliphatic carbocycles. The maximum absolute atomic E-state index is 13.1. The SMILES string of the molecule is CC(=O)N(C#N)c1ccc(F)c(F)c1F. The molecule has 3 nitrogen and oxygen atoms in total. The van der Waals surface area contributed by atoms with Gasteiger partial charge in [0.05, 0.1) is 5.69 Å². The van der Waals surface area contributed by atoms with Crippen LogP contribution in [0.25, 0.3) is 0 Å². The van der Waals surface area contributed by atoms with Gasteiger partial charge >= 0.3 is 0 Å². The van der Waals surface area contributed by atoms with Gasteiger partial charge in [0, 0.05) is 6.92 Å². The molecule has 0 bridgehead atoms. The second kappa shape index (κ2) is 4.00. The van der Waals surface area contributed by atoms with Crippen molar-refractivity contribution < 1.29 is 18.0 Å². The average Bonchev–Trinajstić information content (AvgIpc) is 2.18. The highest BCUT2D eigenvalue weighted by Crippen LogP contribution is 2.23. The Labute approximate surface area is 83.3 Å². The number of nitriles is 1. The van der Waals surface area contributed by atoms with Crippen molar-refractivity contribution in [3.8, 4) is 6.19 Å². The van der Waals surface area contributed by atoms with Crippen molar-refractivity contribution in [3.63, 3.8) is 0 Å². The van der Waals surface area contributed by atoms with Crippen molar-refractivity contribution in [2.24, 2.45) is 0 Å². The average molecular weight is 214 g/mol. The van der Waals surface area contributed by atoms with E-state index in [9.17, 15) is 18.0 Å². The van der Waals surface area contributed by atoms with Crippen LogP contribution in [0.5, 0.6) is 0 Å². The molecule has 0 spiro atoms. The van der Waals surface area contributed by atoms with Crippen LogP contribution < -0.4 is 4.90 Å². The Bertz CT molecular complexity index is 453. The summed E-state index contributed by atoms with van der Waals surface area (Å²) in [5, 5.41) is 8.51. The van der Waals surface area contributed by atoms with Crippen LogP contribution in [-0.4, -0.2) is 5.91 Å². The molecule has 0 N–H and O–H groups in total. The predicted molar refractivity (Wildman–Crippen MR) is 45.1 cm³/mol. The second-order valence-electron chi connectivity index (χ2n) is 2.65. The van der Waals surface area contributed by atoms with Crippen molar-refractivity contribution in [2.45, 2.75) is 6.92 Å². The minimum absolute atomic E-state index is 0.331. The third-order valence-corrected chi connectivity index (χ3v) is 1.67. The number of anilines is 1. The summed E-state index contributed by atoms with van der Waals surface area (Å²) in [6.07, 6.45) is 1.36. The zero-order valence-electron chi connectivity index (χ0n) is 7.59. The van der Waals surface area contributed by atoms with Crippen molar-refractivity contribution in [1.82, 2.24) is 0 Å². The van der Waals surface area contributed by atoms with Crippen LogP contribution >= 0.6 is 0 Å². The first-order chi connectivity index (χ1) is 6.99. The fourth-order valence-corrected chi connectivity index (χ4v) is 0.982. The van der Waals surface area contributed by atoms with Gasteiger partial charge in [-0.3, -0.25) is 4.79 Å². The smallest absolute Gasteiger partial charge is 0.237 e. The molecule has 78 valence electrons. The molecule has 6 heteroatoms. The lowest BCUT2D eigenvalue weighted by Gasteiger charge is -2.12. The third kappa shape index (κ3) is 1.91. The number of halogens is 3. The number of hydrogen-bond donors (Lipinski definition) is 0. The fraction of sp³-hybridized carbons (Fsp3) is 0.111. The van der Waals surface area contributed by atoms with Crippen LogP contribution in [0.3, 0.4) is 0 Å². The Morgan fingerprint density at radius 2 is 1.93 bits per heavy atom. The fourth-order valence-electron chi connectivity index (χ4n) is 0.982. The minimum Gasteiger partial charge on any atom is -0.274 e. The van der Waals surface area contributed by atoms with Gasteiger partial charge in [0.25, 0.3) is 0 Å². The number of hydrogen-bond acceptors (Lipinski definition) is 2. The molecule has 0 saturated carbocycles. The normalized spacial score (nSPS) is 9.53. The Morgan fingerprint density at radius 1 is 1.33 bits per heavy atom. The number of carbonyl (C=O) groups is 1. The zero-order valence-corrected chi connectivity index (χ0v) is 7.59. The predicted octanol–water partition coefficient (Wildman–Crippen LogP) is 1.94. The molecule has 0 aromatic heterocycles. The molecule has 0 atom stereocenters. The number of amides is 1. The number of rotatable bonds is 1. The molecule has 0 heterocycles. The van der Waals surface area contributed by atoms with E-state index in [1.54, 1.807) is 0 Å². The maximum Gasteiger partial charge on any atom is 0.237 e. The van der Waals surface area contributed by atoms with Crippen LogP contribution in [0.2, 0.25) is 0 Å². The van der Waals surface area contributed by atoms with Crippen molar-refractivity contribution in [2.75, 3.05) is 4.90 Å². The lowest BCUT2D eigenvalue weighted by Crippen LogP contribution is -2.23. The van der Waals surface area contributed by atoms with Gasteiger partial charge < -0.3 is 0 Å². The Kier molecular flexibility index (Phi) is 2.95. The molecule has 15 heavy (non-hydrogen) atoms. The molecule has 0 aliphatic rings.